The van der Waals surface area contributed by atoms with Crippen LogP contribution in [0, 0.1) is 28.6 Å². The highest BCUT2D eigenvalue weighted by Gasteiger charge is 2.60. The third-order valence-electron chi connectivity index (χ3n) is 7.98. The van der Waals surface area contributed by atoms with E-state index in [0.717, 1.165) is 32.1 Å². The normalized spacial score (nSPS) is 56.1. The summed E-state index contributed by atoms with van der Waals surface area (Å²) in [6, 6.07) is 0.368. The fourth-order valence-electron chi connectivity index (χ4n) is 6.64. The van der Waals surface area contributed by atoms with Gasteiger partial charge in [0.25, 0.3) is 0 Å². The van der Waals surface area contributed by atoms with Gasteiger partial charge in [-0.2, -0.15) is 0 Å². The summed E-state index contributed by atoms with van der Waals surface area (Å²) in [6.45, 7) is 4.61. The van der Waals surface area contributed by atoms with E-state index in [1.807, 2.05) is 0 Å². The molecule has 3 saturated carbocycles. The molecule has 1 aliphatic heterocycles. The molecule has 1 heterocycles. The summed E-state index contributed by atoms with van der Waals surface area (Å²) in [5, 5.41) is 3.26. The lowest BCUT2D eigenvalue weighted by Gasteiger charge is -2.59. The second-order valence-corrected chi connectivity index (χ2v) is 8.67. The molecule has 0 bridgehead atoms. The molecule has 21 heavy (non-hydrogen) atoms. The van der Waals surface area contributed by atoms with Crippen LogP contribution in [0.1, 0.15) is 65.2 Å². The average Bonchev–Trinajstić information content (AvgIpc) is 2.76. The largest absolute Gasteiger partial charge is 0.353 e. The highest BCUT2D eigenvalue weighted by atomic mass is 19.1. The molecule has 0 radical (unpaired) electrons. The number of carbonyl (C=O) groups is 1. The van der Waals surface area contributed by atoms with Crippen LogP contribution >= 0.6 is 0 Å². The van der Waals surface area contributed by atoms with E-state index in [9.17, 15) is 9.18 Å². The average molecular weight is 293 g/mol. The summed E-state index contributed by atoms with van der Waals surface area (Å²) in [5.74, 6) is 2.21. The predicted octanol–water partition coefficient (Wildman–Crippen LogP) is 3.85. The maximum Gasteiger partial charge on any atom is 0.220 e. The molecule has 3 heteroatoms. The minimum absolute atomic E-state index is 0.0533. The molecule has 4 fully saturated rings. The summed E-state index contributed by atoms with van der Waals surface area (Å²) >= 11 is 0. The Morgan fingerprint density at radius 3 is 2.57 bits per heavy atom. The van der Waals surface area contributed by atoms with E-state index < -0.39 is 6.17 Å². The monoisotopic (exact) mass is 293 g/mol. The first-order valence-corrected chi connectivity index (χ1v) is 8.88. The fraction of sp³-hybridized carbons (Fsp3) is 0.944. The van der Waals surface area contributed by atoms with Gasteiger partial charge in [-0.1, -0.05) is 13.8 Å². The molecule has 2 nitrogen and oxygen atoms in total. The zero-order valence-corrected chi connectivity index (χ0v) is 13.3. The van der Waals surface area contributed by atoms with Crippen LogP contribution in [0.3, 0.4) is 0 Å². The van der Waals surface area contributed by atoms with Gasteiger partial charge in [-0.15, -0.1) is 0 Å². The number of piperidine rings is 1. The molecule has 4 rings (SSSR count). The zero-order chi connectivity index (χ0) is 14.8. The van der Waals surface area contributed by atoms with E-state index in [1.165, 1.54) is 12.8 Å². The molecule has 0 aromatic carbocycles. The molecular formula is C18H28FNO. The van der Waals surface area contributed by atoms with Crippen molar-refractivity contribution in [1.29, 1.82) is 0 Å². The second kappa shape index (κ2) is 4.45. The van der Waals surface area contributed by atoms with Crippen LogP contribution in [0.15, 0.2) is 0 Å². The van der Waals surface area contributed by atoms with E-state index in [2.05, 4.69) is 19.2 Å². The number of amides is 1. The van der Waals surface area contributed by atoms with Gasteiger partial charge in [-0.25, -0.2) is 4.39 Å². The Morgan fingerprint density at radius 1 is 1.00 bits per heavy atom. The molecule has 7 atom stereocenters. The van der Waals surface area contributed by atoms with Crippen molar-refractivity contribution in [2.75, 3.05) is 0 Å². The minimum Gasteiger partial charge on any atom is -0.353 e. The van der Waals surface area contributed by atoms with E-state index in [0.29, 0.717) is 30.2 Å². The summed E-state index contributed by atoms with van der Waals surface area (Å²) < 4.78 is 14.4. The topological polar surface area (TPSA) is 29.1 Å². The zero-order valence-electron chi connectivity index (χ0n) is 13.3. The number of carbonyl (C=O) groups excluding carboxylic acids is 1. The number of rotatable bonds is 0. The molecule has 0 spiro atoms. The first kappa shape index (κ1) is 14.0. The van der Waals surface area contributed by atoms with Gasteiger partial charge in [0, 0.05) is 17.9 Å². The van der Waals surface area contributed by atoms with Gasteiger partial charge in [0.2, 0.25) is 5.91 Å². The van der Waals surface area contributed by atoms with Gasteiger partial charge in [-0.05, 0) is 68.1 Å². The number of hydrogen-bond donors (Lipinski definition) is 1. The van der Waals surface area contributed by atoms with Crippen LogP contribution in [-0.4, -0.2) is 18.1 Å². The SMILES string of the molecule is C[C@]12CCC(=O)NC1CC[C@@H]1[C@H]2CC[C@]2(C)C(F)CC[C@@H]12. The van der Waals surface area contributed by atoms with Crippen molar-refractivity contribution in [3.8, 4) is 0 Å². The number of fused-ring (bicyclic) bond motifs is 5. The van der Waals surface area contributed by atoms with Crippen molar-refractivity contribution in [2.45, 2.75) is 77.4 Å². The van der Waals surface area contributed by atoms with Gasteiger partial charge < -0.3 is 5.32 Å². The Labute approximate surface area is 127 Å². The number of nitrogens with one attached hydrogen (secondary N) is 1. The molecule has 118 valence electrons. The second-order valence-electron chi connectivity index (χ2n) is 8.67. The van der Waals surface area contributed by atoms with Gasteiger partial charge in [0.05, 0.1) is 0 Å². The van der Waals surface area contributed by atoms with Crippen LogP contribution < -0.4 is 5.32 Å². The van der Waals surface area contributed by atoms with E-state index >= 15 is 0 Å². The van der Waals surface area contributed by atoms with Crippen molar-refractivity contribution in [2.24, 2.45) is 28.6 Å². The van der Waals surface area contributed by atoms with Crippen LogP contribution in [0.25, 0.3) is 0 Å². The molecule has 0 aromatic heterocycles. The summed E-state index contributed by atoms with van der Waals surface area (Å²) in [7, 11) is 0. The van der Waals surface area contributed by atoms with Gasteiger partial charge >= 0.3 is 0 Å². The van der Waals surface area contributed by atoms with Crippen LogP contribution in [0.5, 0.6) is 0 Å². The molecule has 1 amide bonds. The van der Waals surface area contributed by atoms with E-state index in [1.54, 1.807) is 0 Å². The smallest absolute Gasteiger partial charge is 0.220 e. The van der Waals surface area contributed by atoms with Crippen LogP contribution in [0.4, 0.5) is 4.39 Å². The molecule has 0 aromatic rings. The Bertz CT molecular complexity index is 466. The lowest BCUT2D eigenvalue weighted by Crippen LogP contribution is -2.61. The Morgan fingerprint density at radius 2 is 1.76 bits per heavy atom. The van der Waals surface area contributed by atoms with Gasteiger partial charge in [0.15, 0.2) is 0 Å². The first-order chi connectivity index (χ1) is 9.95. The number of halogens is 1. The molecule has 3 aliphatic carbocycles. The predicted molar refractivity (Wildman–Crippen MR) is 80.4 cm³/mol. The third kappa shape index (κ3) is 1.78. The van der Waals surface area contributed by atoms with Crippen LogP contribution in [-0.2, 0) is 4.79 Å². The van der Waals surface area contributed by atoms with Crippen LogP contribution in [0.2, 0.25) is 0 Å². The molecule has 1 N–H and O–H groups in total. The lowest BCUT2D eigenvalue weighted by atomic mass is 9.47. The molecule has 2 unspecified atom stereocenters. The van der Waals surface area contributed by atoms with E-state index in [4.69, 9.17) is 0 Å². The molecular weight excluding hydrogens is 265 g/mol. The maximum atomic E-state index is 14.4. The number of alkyl halides is 1. The van der Waals surface area contributed by atoms with E-state index in [-0.39, 0.29) is 16.7 Å². The lowest BCUT2D eigenvalue weighted by molar-refractivity contribution is -0.137. The summed E-state index contributed by atoms with van der Waals surface area (Å²) in [4.78, 5) is 11.7. The molecule has 4 aliphatic rings. The Hall–Kier alpha value is -0.600. The Balaban J connectivity index is 1.64. The quantitative estimate of drug-likeness (QED) is 0.722. The third-order valence-corrected chi connectivity index (χ3v) is 7.98. The van der Waals surface area contributed by atoms with Crippen molar-refractivity contribution in [3.63, 3.8) is 0 Å². The van der Waals surface area contributed by atoms with Crippen molar-refractivity contribution in [3.05, 3.63) is 0 Å². The van der Waals surface area contributed by atoms with Crippen molar-refractivity contribution < 1.29 is 9.18 Å². The Kier molecular flexibility index (Phi) is 2.97. The van der Waals surface area contributed by atoms with Gasteiger partial charge in [0.1, 0.15) is 6.17 Å². The summed E-state index contributed by atoms with van der Waals surface area (Å²) in [5.41, 5.74) is 0.203. The fourth-order valence-corrected chi connectivity index (χ4v) is 6.64. The first-order valence-electron chi connectivity index (χ1n) is 8.88. The standard InChI is InChI=1S/C18H28FNO/c1-17-9-7-13-11(12(17)4-5-14(17)19)3-6-15-18(13,2)10-8-16(21)20-15/h11-15H,3-10H2,1-2H3,(H,20,21)/t11-,12-,13+,14?,15?,17-,18+/m0/s1. The highest BCUT2D eigenvalue weighted by Crippen LogP contribution is 2.64. The number of hydrogen-bond acceptors (Lipinski definition) is 1. The van der Waals surface area contributed by atoms with Gasteiger partial charge in [-0.3, -0.25) is 4.79 Å². The highest BCUT2D eigenvalue weighted by molar-refractivity contribution is 5.77. The van der Waals surface area contributed by atoms with Crippen molar-refractivity contribution in [1.82, 2.24) is 5.32 Å². The van der Waals surface area contributed by atoms with Crippen molar-refractivity contribution >= 4 is 5.91 Å². The maximum absolute atomic E-state index is 14.4. The summed E-state index contributed by atoms with van der Waals surface area (Å²) in [6.07, 6.45) is 7.52. The molecule has 1 saturated heterocycles. The minimum atomic E-state index is -0.583.